The average molecular weight is 506 g/mol. The first-order chi connectivity index (χ1) is 15.5. The van der Waals surface area contributed by atoms with Gasteiger partial charge < -0.3 is 4.74 Å². The molecule has 1 aliphatic rings. The first kappa shape index (κ1) is 24.4. The summed E-state index contributed by atoms with van der Waals surface area (Å²) in [4.78, 5) is 2.32. The summed E-state index contributed by atoms with van der Waals surface area (Å²) in [5.41, 5.74) is 3.01. The molecule has 2 atom stereocenters. The Morgan fingerprint density at radius 3 is 2.27 bits per heavy atom. The van der Waals surface area contributed by atoms with Crippen molar-refractivity contribution < 1.29 is 4.74 Å². The van der Waals surface area contributed by atoms with Gasteiger partial charge in [0.2, 0.25) is 4.77 Å². The molecule has 0 unspecified atom stereocenters. The van der Waals surface area contributed by atoms with Gasteiger partial charge in [0.15, 0.2) is 5.82 Å². The fourth-order valence-corrected chi connectivity index (χ4v) is 4.94. The molecule has 0 aliphatic carbocycles. The zero-order valence-electron chi connectivity index (χ0n) is 19.7. The second-order valence-corrected chi connectivity index (χ2v) is 10.9. The van der Waals surface area contributed by atoms with Crippen LogP contribution in [-0.4, -0.2) is 44.5 Å². The van der Waals surface area contributed by atoms with Crippen LogP contribution in [0.3, 0.4) is 0 Å². The zero-order valence-corrected chi connectivity index (χ0v) is 22.0. The predicted molar refractivity (Wildman–Crippen MR) is 138 cm³/mol. The van der Waals surface area contributed by atoms with Crippen LogP contribution in [0.4, 0.5) is 0 Å². The molecule has 2 heterocycles. The van der Waals surface area contributed by atoms with Crippen molar-refractivity contribution >= 4 is 35.4 Å². The number of nitrogens with zero attached hydrogens (tertiary/aromatic N) is 4. The highest BCUT2D eigenvalue weighted by molar-refractivity contribution is 7.71. The predicted octanol–water partition coefficient (Wildman–Crippen LogP) is 6.74. The molecule has 1 aliphatic heterocycles. The van der Waals surface area contributed by atoms with Crippen molar-refractivity contribution in [2.45, 2.75) is 58.9 Å². The Morgan fingerprint density at radius 1 is 1.03 bits per heavy atom. The van der Waals surface area contributed by atoms with E-state index in [1.54, 1.807) is 6.07 Å². The molecule has 0 saturated carbocycles. The molecule has 3 aromatic rings. The second kappa shape index (κ2) is 9.51. The Labute approximate surface area is 210 Å². The lowest BCUT2D eigenvalue weighted by Gasteiger charge is -2.34. The third-order valence-corrected chi connectivity index (χ3v) is 7.05. The van der Waals surface area contributed by atoms with Crippen molar-refractivity contribution in [3.05, 3.63) is 62.8 Å². The molecule has 0 spiro atoms. The molecule has 0 N–H and O–H groups in total. The van der Waals surface area contributed by atoms with Gasteiger partial charge in [0.1, 0.15) is 0 Å². The first-order valence-electron chi connectivity index (χ1n) is 11.2. The molecule has 0 bridgehead atoms. The number of halogens is 2. The Bertz CT molecular complexity index is 1190. The van der Waals surface area contributed by atoms with Crippen LogP contribution in [0.5, 0.6) is 0 Å². The molecule has 8 heteroatoms. The Hall–Kier alpha value is -1.70. The summed E-state index contributed by atoms with van der Waals surface area (Å²) in [7, 11) is 0. The van der Waals surface area contributed by atoms with E-state index in [2.05, 4.69) is 63.8 Å². The van der Waals surface area contributed by atoms with E-state index >= 15 is 0 Å². The number of aromatic nitrogens is 3. The first-order valence-corrected chi connectivity index (χ1v) is 12.3. The highest BCUT2D eigenvalue weighted by Gasteiger charge is 2.25. The molecule has 1 aromatic heterocycles. The summed E-state index contributed by atoms with van der Waals surface area (Å²) in [6.45, 7) is 13.0. The average Bonchev–Trinajstić information content (AvgIpc) is 3.05. The molecule has 0 radical (unpaired) electrons. The van der Waals surface area contributed by atoms with E-state index in [0.29, 0.717) is 21.5 Å². The minimum atomic E-state index is 0.0665. The van der Waals surface area contributed by atoms with Gasteiger partial charge in [-0.3, -0.25) is 9.47 Å². The van der Waals surface area contributed by atoms with E-state index in [9.17, 15) is 0 Å². The van der Waals surface area contributed by atoms with Crippen molar-refractivity contribution in [1.82, 2.24) is 19.2 Å². The van der Waals surface area contributed by atoms with Crippen molar-refractivity contribution in [3.63, 3.8) is 0 Å². The highest BCUT2D eigenvalue weighted by atomic mass is 35.5. The van der Waals surface area contributed by atoms with Crippen LogP contribution in [0.25, 0.3) is 17.1 Å². The topological polar surface area (TPSA) is 35.2 Å². The minimum Gasteiger partial charge on any atom is -0.373 e. The summed E-state index contributed by atoms with van der Waals surface area (Å²) in [6.07, 6.45) is 0.327. The van der Waals surface area contributed by atoms with E-state index in [0.717, 1.165) is 30.2 Å². The van der Waals surface area contributed by atoms with E-state index in [-0.39, 0.29) is 17.6 Å². The van der Waals surface area contributed by atoms with Crippen molar-refractivity contribution in [1.29, 1.82) is 0 Å². The lowest BCUT2D eigenvalue weighted by molar-refractivity contribution is -0.0777. The van der Waals surface area contributed by atoms with Gasteiger partial charge in [-0.05, 0) is 49.2 Å². The third-order valence-electron chi connectivity index (χ3n) is 5.85. The maximum absolute atomic E-state index is 6.62. The van der Waals surface area contributed by atoms with Gasteiger partial charge >= 0.3 is 0 Å². The minimum absolute atomic E-state index is 0.0665. The van der Waals surface area contributed by atoms with Crippen LogP contribution >= 0.6 is 35.4 Å². The maximum Gasteiger partial charge on any atom is 0.204 e. The van der Waals surface area contributed by atoms with Gasteiger partial charge in [0, 0.05) is 18.7 Å². The van der Waals surface area contributed by atoms with Crippen molar-refractivity contribution in [2.24, 2.45) is 0 Å². The van der Waals surface area contributed by atoms with Gasteiger partial charge in [-0.25, -0.2) is 4.68 Å². The van der Waals surface area contributed by atoms with E-state index < -0.39 is 0 Å². The summed E-state index contributed by atoms with van der Waals surface area (Å²) >= 11 is 18.9. The fraction of sp³-hybridized carbons (Fsp3) is 0.440. The van der Waals surface area contributed by atoms with Gasteiger partial charge in [0.05, 0.1) is 34.6 Å². The maximum atomic E-state index is 6.62. The van der Waals surface area contributed by atoms with Crippen LogP contribution < -0.4 is 0 Å². The quantitative estimate of drug-likeness (QED) is 0.368. The summed E-state index contributed by atoms with van der Waals surface area (Å²) < 4.78 is 10.2. The lowest BCUT2D eigenvalue weighted by atomic mass is 9.87. The standard InChI is InChI=1S/C25H30Cl2N4OS/c1-16-13-29(14-17(2)32-16)15-30-24(33)31(21-8-6-7-20(26)22(21)27)23(28-30)18-9-11-19(12-10-18)25(3,4)5/h6-12,16-17H,13-15H2,1-5H3/t16-,17-/m1/s1. The molecule has 1 fully saturated rings. The number of morpholine rings is 1. The monoisotopic (exact) mass is 504 g/mol. The van der Waals surface area contributed by atoms with E-state index in [1.807, 2.05) is 21.4 Å². The number of hydrogen-bond acceptors (Lipinski definition) is 4. The normalized spacial score (nSPS) is 19.7. The van der Waals surface area contributed by atoms with Crippen molar-refractivity contribution in [2.75, 3.05) is 13.1 Å². The smallest absolute Gasteiger partial charge is 0.204 e. The molecular weight excluding hydrogens is 475 g/mol. The van der Waals surface area contributed by atoms with Crippen LogP contribution in [0.1, 0.15) is 40.2 Å². The van der Waals surface area contributed by atoms with Crippen LogP contribution in [0.15, 0.2) is 42.5 Å². The zero-order chi connectivity index (χ0) is 23.9. The van der Waals surface area contributed by atoms with Crippen molar-refractivity contribution in [3.8, 4) is 17.1 Å². The van der Waals surface area contributed by atoms with Crippen LogP contribution in [0.2, 0.25) is 10.0 Å². The molecule has 0 amide bonds. The van der Waals surface area contributed by atoms with E-state index in [4.69, 9.17) is 45.3 Å². The summed E-state index contributed by atoms with van der Waals surface area (Å²) in [6, 6.07) is 14.0. The van der Waals surface area contributed by atoms with Gasteiger partial charge in [-0.1, -0.05) is 74.3 Å². The molecule has 4 rings (SSSR count). The van der Waals surface area contributed by atoms with Crippen LogP contribution in [-0.2, 0) is 16.8 Å². The third kappa shape index (κ3) is 5.20. The van der Waals surface area contributed by atoms with Gasteiger partial charge in [0.25, 0.3) is 0 Å². The Balaban J connectivity index is 1.82. The van der Waals surface area contributed by atoms with Gasteiger partial charge in [-0.15, -0.1) is 5.10 Å². The number of ether oxygens (including phenoxy) is 1. The Kier molecular flexibility index (Phi) is 7.04. The summed E-state index contributed by atoms with van der Waals surface area (Å²) in [5.74, 6) is 0.735. The molecule has 33 heavy (non-hydrogen) atoms. The largest absolute Gasteiger partial charge is 0.373 e. The number of rotatable bonds is 4. The van der Waals surface area contributed by atoms with E-state index in [1.165, 1.54) is 5.56 Å². The summed E-state index contributed by atoms with van der Waals surface area (Å²) in [5, 5.41) is 5.89. The number of hydrogen-bond donors (Lipinski definition) is 0. The molecule has 176 valence electrons. The Morgan fingerprint density at radius 2 is 1.67 bits per heavy atom. The highest BCUT2D eigenvalue weighted by Crippen LogP contribution is 2.33. The fourth-order valence-electron chi connectivity index (χ4n) is 4.28. The molecule has 1 saturated heterocycles. The SMILES string of the molecule is C[C@@H]1CN(Cn2nc(-c3ccc(C(C)(C)C)cc3)n(-c3cccc(Cl)c3Cl)c2=S)C[C@@H](C)O1. The molecular formula is C25H30Cl2N4OS. The molecule has 2 aromatic carbocycles. The van der Waals surface area contributed by atoms with Gasteiger partial charge in [-0.2, -0.15) is 0 Å². The van der Waals surface area contributed by atoms with Crippen LogP contribution in [0, 0.1) is 4.77 Å². The molecule has 5 nitrogen and oxygen atoms in total. The second-order valence-electron chi connectivity index (χ2n) is 9.78. The number of benzene rings is 2. The lowest BCUT2D eigenvalue weighted by Crippen LogP contribution is -2.46.